The summed E-state index contributed by atoms with van der Waals surface area (Å²) in [6.45, 7) is 6.84. The van der Waals surface area contributed by atoms with Crippen LogP contribution in [0.25, 0.3) is 11.0 Å². The molecule has 30 heavy (non-hydrogen) atoms. The predicted octanol–water partition coefficient (Wildman–Crippen LogP) is 4.61. The molecule has 6 nitrogen and oxygen atoms in total. The van der Waals surface area contributed by atoms with E-state index in [-0.39, 0.29) is 18.0 Å². The molecule has 0 saturated carbocycles. The summed E-state index contributed by atoms with van der Waals surface area (Å²) < 4.78 is 27.8. The highest BCUT2D eigenvalue weighted by atomic mass is 19.1. The Morgan fingerprint density at radius 3 is 2.67 bits per heavy atom. The second-order valence-electron chi connectivity index (χ2n) is 8.52. The number of para-hydroxylation sites is 2. The molecule has 1 aliphatic rings. The van der Waals surface area contributed by atoms with Gasteiger partial charge in [-0.05, 0) is 39.0 Å². The van der Waals surface area contributed by atoms with Gasteiger partial charge in [0.05, 0.1) is 24.1 Å². The van der Waals surface area contributed by atoms with Gasteiger partial charge in [0.2, 0.25) is 0 Å². The van der Waals surface area contributed by atoms with E-state index in [1.165, 1.54) is 6.07 Å². The first-order valence-corrected chi connectivity index (χ1v) is 10.1. The highest BCUT2D eigenvalue weighted by molar-refractivity contribution is 5.76. The molecule has 1 saturated heterocycles. The zero-order valence-electron chi connectivity index (χ0n) is 17.5. The Labute approximate surface area is 175 Å². The average molecular weight is 411 g/mol. The number of rotatable bonds is 4. The molecular formula is C23H26FN3O3. The Morgan fingerprint density at radius 2 is 1.90 bits per heavy atom. The molecule has 0 N–H and O–H groups in total. The first kappa shape index (κ1) is 20.2. The molecule has 158 valence electrons. The Bertz CT molecular complexity index is 1060. The van der Waals surface area contributed by atoms with E-state index in [0.29, 0.717) is 37.6 Å². The zero-order chi connectivity index (χ0) is 21.3. The van der Waals surface area contributed by atoms with Crippen LogP contribution < -0.4 is 4.74 Å². The number of imidazole rings is 1. The molecule has 3 aromatic rings. The van der Waals surface area contributed by atoms with Crippen molar-refractivity contribution >= 4 is 17.1 Å². The number of halogens is 1. The highest BCUT2D eigenvalue weighted by Crippen LogP contribution is 2.26. The molecule has 1 fully saturated rings. The number of benzene rings is 2. The molecule has 0 unspecified atom stereocenters. The smallest absolute Gasteiger partial charge is 0.410 e. The maximum absolute atomic E-state index is 14.3. The number of carbonyl (C=O) groups is 1. The summed E-state index contributed by atoms with van der Waals surface area (Å²) in [5, 5.41) is 0. The van der Waals surface area contributed by atoms with Gasteiger partial charge in [-0.15, -0.1) is 0 Å². The van der Waals surface area contributed by atoms with E-state index in [1.807, 2.05) is 55.7 Å². The molecule has 0 aliphatic carbocycles. The van der Waals surface area contributed by atoms with E-state index in [9.17, 15) is 9.18 Å². The maximum Gasteiger partial charge on any atom is 0.410 e. The number of carbonyl (C=O) groups excluding carboxylic acids is 1. The Morgan fingerprint density at radius 1 is 1.17 bits per heavy atom. The van der Waals surface area contributed by atoms with Crippen LogP contribution in [0.3, 0.4) is 0 Å². The van der Waals surface area contributed by atoms with Crippen molar-refractivity contribution in [2.75, 3.05) is 13.1 Å². The third kappa shape index (κ3) is 4.40. The molecule has 2 heterocycles. The van der Waals surface area contributed by atoms with Crippen molar-refractivity contribution < 1.29 is 18.7 Å². The van der Waals surface area contributed by atoms with Crippen LogP contribution in [-0.2, 0) is 11.3 Å². The summed E-state index contributed by atoms with van der Waals surface area (Å²) in [5.41, 5.74) is 1.68. The summed E-state index contributed by atoms with van der Waals surface area (Å²) in [7, 11) is 0. The molecule has 1 atom stereocenters. The van der Waals surface area contributed by atoms with Crippen molar-refractivity contribution in [1.29, 1.82) is 0 Å². The van der Waals surface area contributed by atoms with Crippen molar-refractivity contribution in [3.63, 3.8) is 0 Å². The molecule has 0 spiro atoms. The fourth-order valence-electron chi connectivity index (χ4n) is 3.56. The Balaban J connectivity index is 1.55. The lowest BCUT2D eigenvalue weighted by Gasteiger charge is -2.24. The molecule has 2 aromatic carbocycles. The fourth-order valence-corrected chi connectivity index (χ4v) is 3.56. The monoisotopic (exact) mass is 411 g/mol. The topological polar surface area (TPSA) is 56.6 Å². The number of nitrogens with zero attached hydrogens (tertiary/aromatic N) is 3. The van der Waals surface area contributed by atoms with Crippen molar-refractivity contribution in [2.24, 2.45) is 0 Å². The summed E-state index contributed by atoms with van der Waals surface area (Å²) in [6, 6.07) is 14.8. The molecular weight excluding hydrogens is 385 g/mol. The second-order valence-corrected chi connectivity index (χ2v) is 8.52. The minimum absolute atomic E-state index is 0.200. The quantitative estimate of drug-likeness (QED) is 0.629. The van der Waals surface area contributed by atoms with Gasteiger partial charge in [-0.3, -0.25) is 4.57 Å². The maximum atomic E-state index is 14.3. The molecule has 1 amide bonds. The van der Waals surface area contributed by atoms with Crippen LogP contribution in [0.4, 0.5) is 9.18 Å². The summed E-state index contributed by atoms with van der Waals surface area (Å²) in [5.74, 6) is -0.266. The van der Waals surface area contributed by atoms with Gasteiger partial charge < -0.3 is 14.4 Å². The number of hydrogen-bond acceptors (Lipinski definition) is 4. The molecule has 1 aliphatic heterocycles. The lowest BCUT2D eigenvalue weighted by molar-refractivity contribution is 0.0273. The van der Waals surface area contributed by atoms with E-state index in [0.717, 1.165) is 11.0 Å². The van der Waals surface area contributed by atoms with Gasteiger partial charge in [0.15, 0.2) is 0 Å². The van der Waals surface area contributed by atoms with Gasteiger partial charge >= 0.3 is 6.09 Å². The Hall–Kier alpha value is -3.09. The molecule has 4 rings (SSSR count). The number of hydrogen-bond donors (Lipinski definition) is 0. The van der Waals surface area contributed by atoms with E-state index in [2.05, 4.69) is 4.98 Å². The van der Waals surface area contributed by atoms with Gasteiger partial charge in [0.1, 0.15) is 17.5 Å². The van der Waals surface area contributed by atoms with E-state index >= 15 is 0 Å². The van der Waals surface area contributed by atoms with Crippen LogP contribution in [-0.4, -0.2) is 45.3 Å². The minimum Gasteiger partial charge on any atom is -0.459 e. The van der Waals surface area contributed by atoms with Crippen LogP contribution in [0, 0.1) is 5.82 Å². The van der Waals surface area contributed by atoms with Gasteiger partial charge in [0.25, 0.3) is 6.01 Å². The number of ether oxygens (including phenoxy) is 2. The zero-order valence-corrected chi connectivity index (χ0v) is 17.5. The van der Waals surface area contributed by atoms with Crippen LogP contribution in [0.2, 0.25) is 0 Å². The number of aromatic nitrogens is 2. The second kappa shape index (κ2) is 7.97. The van der Waals surface area contributed by atoms with Crippen molar-refractivity contribution in [1.82, 2.24) is 14.5 Å². The Kier molecular flexibility index (Phi) is 5.37. The summed E-state index contributed by atoms with van der Waals surface area (Å²) >= 11 is 0. The SMILES string of the molecule is CC(C)(C)OC(=O)N1CC[C@H](Oc2nc3ccccc3n2Cc2ccccc2F)C1. The normalized spacial score (nSPS) is 16.8. The lowest BCUT2D eigenvalue weighted by Crippen LogP contribution is -2.36. The van der Waals surface area contributed by atoms with Crippen LogP contribution >= 0.6 is 0 Å². The largest absolute Gasteiger partial charge is 0.459 e. The standard InChI is InChI=1S/C23H26FN3O3/c1-23(2,3)30-22(28)26-13-12-17(15-26)29-21-25-19-10-6-7-11-20(19)27(21)14-16-8-4-5-9-18(16)24/h4-11,17H,12-15H2,1-3H3/t17-/m0/s1. The van der Waals surface area contributed by atoms with E-state index in [4.69, 9.17) is 9.47 Å². The number of fused-ring (bicyclic) bond motifs is 1. The fraction of sp³-hybridized carbons (Fsp3) is 0.391. The van der Waals surface area contributed by atoms with Gasteiger partial charge in [-0.2, -0.15) is 4.98 Å². The summed E-state index contributed by atoms with van der Waals surface area (Å²) in [6.07, 6.45) is 0.143. The molecule has 0 radical (unpaired) electrons. The highest BCUT2D eigenvalue weighted by Gasteiger charge is 2.32. The van der Waals surface area contributed by atoms with Gasteiger partial charge in [-0.25, -0.2) is 9.18 Å². The van der Waals surface area contributed by atoms with E-state index in [1.54, 1.807) is 17.0 Å². The first-order chi connectivity index (χ1) is 14.3. The van der Waals surface area contributed by atoms with Crippen molar-refractivity contribution in [2.45, 2.75) is 45.4 Å². The van der Waals surface area contributed by atoms with Gasteiger partial charge in [-0.1, -0.05) is 30.3 Å². The average Bonchev–Trinajstić information content (AvgIpc) is 3.28. The number of likely N-dealkylation sites (tertiary alicyclic amines) is 1. The lowest BCUT2D eigenvalue weighted by atomic mass is 10.2. The first-order valence-electron chi connectivity index (χ1n) is 10.1. The molecule has 0 bridgehead atoms. The van der Waals surface area contributed by atoms with Crippen LogP contribution in [0.5, 0.6) is 6.01 Å². The van der Waals surface area contributed by atoms with Crippen molar-refractivity contribution in [3.8, 4) is 6.01 Å². The van der Waals surface area contributed by atoms with Gasteiger partial charge in [0, 0.05) is 18.5 Å². The predicted molar refractivity (Wildman–Crippen MR) is 112 cm³/mol. The third-order valence-corrected chi connectivity index (χ3v) is 4.97. The van der Waals surface area contributed by atoms with Crippen LogP contribution in [0.1, 0.15) is 32.8 Å². The van der Waals surface area contributed by atoms with E-state index < -0.39 is 5.60 Å². The third-order valence-electron chi connectivity index (χ3n) is 4.97. The number of amides is 1. The van der Waals surface area contributed by atoms with Crippen LogP contribution in [0.15, 0.2) is 48.5 Å². The summed E-state index contributed by atoms with van der Waals surface area (Å²) in [4.78, 5) is 18.6. The molecule has 1 aromatic heterocycles. The van der Waals surface area contributed by atoms with Crippen molar-refractivity contribution in [3.05, 3.63) is 59.9 Å². The molecule has 7 heteroatoms. The minimum atomic E-state index is -0.538.